The van der Waals surface area contributed by atoms with Gasteiger partial charge < -0.3 is 15.0 Å². The van der Waals surface area contributed by atoms with Crippen molar-refractivity contribution in [3.05, 3.63) is 24.3 Å². The summed E-state index contributed by atoms with van der Waals surface area (Å²) in [5, 5.41) is 11.8. The molecule has 0 bridgehead atoms. The van der Waals surface area contributed by atoms with E-state index in [1.165, 1.54) is 0 Å². The van der Waals surface area contributed by atoms with E-state index < -0.39 is 0 Å². The smallest absolute Gasteiger partial charge is 0.155 e. The maximum atomic E-state index is 5.47. The minimum absolute atomic E-state index is 0.775. The Morgan fingerprint density at radius 1 is 1.35 bits per heavy atom. The Hall–Kier alpha value is -1.66. The minimum atomic E-state index is 0.775. The molecule has 0 aliphatic carbocycles. The maximum absolute atomic E-state index is 5.47. The van der Waals surface area contributed by atoms with Crippen LogP contribution in [0.15, 0.2) is 24.3 Å². The van der Waals surface area contributed by atoms with Gasteiger partial charge >= 0.3 is 0 Å². The molecule has 1 saturated heterocycles. The van der Waals surface area contributed by atoms with E-state index in [0.717, 1.165) is 61.0 Å². The highest BCUT2D eigenvalue weighted by Gasteiger charge is 2.13. The monoisotopic (exact) mass is 290 g/mol. The van der Waals surface area contributed by atoms with Crippen molar-refractivity contribution in [2.24, 2.45) is 0 Å². The molecule has 6 heteroatoms. The molecule has 1 aromatic heterocycles. The van der Waals surface area contributed by atoms with Gasteiger partial charge in [0.05, 0.1) is 23.7 Å². The third-order valence-electron chi connectivity index (χ3n) is 3.47. The van der Waals surface area contributed by atoms with Crippen LogP contribution in [-0.4, -0.2) is 52.9 Å². The number of aromatic nitrogens is 2. The third kappa shape index (κ3) is 2.91. The molecule has 2 aromatic rings. The van der Waals surface area contributed by atoms with Crippen molar-refractivity contribution in [2.75, 3.05) is 38.2 Å². The van der Waals surface area contributed by atoms with Crippen LogP contribution in [0.1, 0.15) is 6.42 Å². The number of rotatable bonds is 4. The summed E-state index contributed by atoms with van der Waals surface area (Å²) in [4.78, 5) is 3.23. The van der Waals surface area contributed by atoms with Gasteiger partial charge in [-0.3, -0.25) is 5.10 Å². The van der Waals surface area contributed by atoms with Gasteiger partial charge in [-0.15, -0.1) is 0 Å². The van der Waals surface area contributed by atoms with E-state index in [1.54, 1.807) is 0 Å². The average molecular weight is 290 g/mol. The zero-order valence-electron chi connectivity index (χ0n) is 11.3. The number of thiocarbonyl (C=S) groups is 1. The van der Waals surface area contributed by atoms with Crippen LogP contribution >= 0.6 is 12.2 Å². The van der Waals surface area contributed by atoms with Crippen LogP contribution in [0.3, 0.4) is 0 Å². The number of ether oxygens (including phenoxy) is 1. The molecular formula is C14H18N4OS. The van der Waals surface area contributed by atoms with Crippen molar-refractivity contribution in [3.8, 4) is 0 Å². The maximum Gasteiger partial charge on any atom is 0.155 e. The van der Waals surface area contributed by atoms with E-state index >= 15 is 0 Å². The number of para-hydroxylation sites is 1. The minimum Gasteiger partial charge on any atom is -0.378 e. The molecule has 0 amide bonds. The van der Waals surface area contributed by atoms with Crippen molar-refractivity contribution in [3.63, 3.8) is 0 Å². The fraction of sp³-hybridized carbons (Fsp3) is 0.429. The lowest BCUT2D eigenvalue weighted by molar-refractivity contribution is 0.0683. The molecule has 1 aliphatic heterocycles. The molecule has 2 heterocycles. The van der Waals surface area contributed by atoms with E-state index in [9.17, 15) is 0 Å². The van der Waals surface area contributed by atoms with Gasteiger partial charge in [0, 0.05) is 31.4 Å². The fourth-order valence-corrected chi connectivity index (χ4v) is 2.64. The Morgan fingerprint density at radius 3 is 3.00 bits per heavy atom. The molecule has 0 spiro atoms. The number of benzene rings is 1. The Kier molecular flexibility index (Phi) is 4.13. The molecule has 5 nitrogen and oxygen atoms in total. The molecule has 106 valence electrons. The molecule has 1 fully saturated rings. The summed E-state index contributed by atoms with van der Waals surface area (Å²) in [6.07, 6.45) is 0.844. The molecule has 0 atom stereocenters. The normalized spacial score (nSPS) is 15.5. The van der Waals surface area contributed by atoms with Crippen molar-refractivity contribution in [1.82, 2.24) is 15.1 Å². The molecule has 3 rings (SSSR count). The topological polar surface area (TPSA) is 53.2 Å². The zero-order chi connectivity index (χ0) is 13.8. The van der Waals surface area contributed by atoms with Gasteiger partial charge in [-0.25, -0.2) is 0 Å². The number of hydrogen-bond donors (Lipinski definition) is 2. The van der Waals surface area contributed by atoms with Crippen LogP contribution in [0.4, 0.5) is 5.82 Å². The second kappa shape index (κ2) is 6.19. The number of fused-ring (bicyclic) bond motifs is 1. The Bertz CT molecular complexity index is 592. The van der Waals surface area contributed by atoms with Gasteiger partial charge in [-0.1, -0.05) is 24.4 Å². The second-order valence-electron chi connectivity index (χ2n) is 4.79. The summed E-state index contributed by atoms with van der Waals surface area (Å²) in [7, 11) is 0. The predicted octanol–water partition coefficient (Wildman–Crippen LogP) is 2.02. The average Bonchev–Trinajstić information content (AvgIpc) is 2.92. The van der Waals surface area contributed by atoms with E-state index in [1.807, 2.05) is 18.2 Å². The number of anilines is 1. The van der Waals surface area contributed by atoms with Gasteiger partial charge in [0.15, 0.2) is 5.82 Å². The molecule has 0 radical (unpaired) electrons. The van der Waals surface area contributed by atoms with Crippen LogP contribution in [0, 0.1) is 0 Å². The van der Waals surface area contributed by atoms with Gasteiger partial charge in [0.25, 0.3) is 0 Å². The highest BCUT2D eigenvalue weighted by atomic mass is 32.1. The molecular weight excluding hydrogens is 272 g/mol. The quantitative estimate of drug-likeness (QED) is 0.844. The first-order chi connectivity index (χ1) is 9.84. The summed E-state index contributed by atoms with van der Waals surface area (Å²) in [5.41, 5.74) is 1.05. The molecule has 0 unspecified atom stereocenters. The number of morpholine rings is 1. The van der Waals surface area contributed by atoms with Crippen LogP contribution in [0.25, 0.3) is 10.9 Å². The van der Waals surface area contributed by atoms with E-state index in [0.29, 0.717) is 0 Å². The largest absolute Gasteiger partial charge is 0.378 e. The van der Waals surface area contributed by atoms with Gasteiger partial charge in [0.2, 0.25) is 0 Å². The Morgan fingerprint density at radius 2 is 2.15 bits per heavy atom. The summed E-state index contributed by atoms with van der Waals surface area (Å²) in [6, 6.07) is 8.09. The second-order valence-corrected chi connectivity index (χ2v) is 5.26. The lowest BCUT2D eigenvalue weighted by atomic mass is 10.2. The van der Waals surface area contributed by atoms with Crippen LogP contribution < -0.4 is 5.32 Å². The number of aromatic amines is 1. The Balaban J connectivity index is 1.53. The summed E-state index contributed by atoms with van der Waals surface area (Å²) in [6.45, 7) is 4.16. The number of hydrogen-bond acceptors (Lipinski definition) is 4. The summed E-state index contributed by atoms with van der Waals surface area (Å²) in [5.74, 6) is 0.894. The van der Waals surface area contributed by atoms with Crippen LogP contribution in [0.2, 0.25) is 0 Å². The van der Waals surface area contributed by atoms with E-state index in [4.69, 9.17) is 17.0 Å². The van der Waals surface area contributed by atoms with Crippen molar-refractivity contribution in [1.29, 1.82) is 0 Å². The van der Waals surface area contributed by atoms with Crippen molar-refractivity contribution < 1.29 is 4.74 Å². The summed E-state index contributed by atoms with van der Waals surface area (Å²) >= 11 is 5.47. The van der Waals surface area contributed by atoms with E-state index in [-0.39, 0.29) is 0 Å². The first-order valence-electron chi connectivity index (χ1n) is 6.87. The Labute approximate surface area is 123 Å². The number of H-pyrrole nitrogens is 1. The lowest BCUT2D eigenvalue weighted by Crippen LogP contribution is -2.40. The van der Waals surface area contributed by atoms with Crippen molar-refractivity contribution in [2.45, 2.75) is 6.42 Å². The zero-order valence-corrected chi connectivity index (χ0v) is 12.1. The molecule has 2 N–H and O–H groups in total. The lowest BCUT2D eigenvalue weighted by Gasteiger charge is -2.29. The predicted molar refractivity (Wildman–Crippen MR) is 84.2 cm³/mol. The number of nitrogens with zero attached hydrogens (tertiary/aromatic N) is 2. The highest BCUT2D eigenvalue weighted by molar-refractivity contribution is 7.80. The first-order valence-corrected chi connectivity index (χ1v) is 7.28. The standard InChI is InChI=1S/C14H18N4OS/c20-13(18-7-9-19-10-8-18)5-6-15-14-11-3-1-2-4-12(11)16-17-14/h1-4H,5-10H2,(H2,15,16,17). The summed E-state index contributed by atoms with van der Waals surface area (Å²) < 4.78 is 5.33. The van der Waals surface area contributed by atoms with E-state index in [2.05, 4.69) is 26.5 Å². The SMILES string of the molecule is S=C(CCNc1n[nH]c2ccccc12)N1CCOCC1. The van der Waals surface area contributed by atoms with Crippen LogP contribution in [0.5, 0.6) is 0 Å². The molecule has 20 heavy (non-hydrogen) atoms. The molecule has 1 aliphatic rings. The molecule has 1 aromatic carbocycles. The van der Waals surface area contributed by atoms with Crippen LogP contribution in [-0.2, 0) is 4.74 Å². The molecule has 0 saturated carbocycles. The fourth-order valence-electron chi connectivity index (χ4n) is 2.36. The third-order valence-corrected chi connectivity index (χ3v) is 3.93. The van der Waals surface area contributed by atoms with Gasteiger partial charge in [-0.2, -0.15) is 5.10 Å². The van der Waals surface area contributed by atoms with Crippen molar-refractivity contribution >= 4 is 33.9 Å². The van der Waals surface area contributed by atoms with Gasteiger partial charge in [0.1, 0.15) is 0 Å². The highest BCUT2D eigenvalue weighted by Crippen LogP contribution is 2.19. The first kappa shape index (κ1) is 13.3. The number of nitrogens with one attached hydrogen (secondary N) is 2. The van der Waals surface area contributed by atoms with Gasteiger partial charge in [-0.05, 0) is 12.1 Å².